The molecule has 18 heavy (non-hydrogen) atoms. The molecular weight excluding hydrogens is 256 g/mol. The summed E-state index contributed by atoms with van der Waals surface area (Å²) in [6, 6.07) is 0. The zero-order valence-electron chi connectivity index (χ0n) is 10.2. The Kier molecular flexibility index (Phi) is 3.89. The van der Waals surface area contributed by atoms with Crippen LogP contribution in [0, 0.1) is 6.92 Å². The molecule has 100 valence electrons. The van der Waals surface area contributed by atoms with Gasteiger partial charge in [0.15, 0.2) is 5.82 Å². The van der Waals surface area contributed by atoms with E-state index in [2.05, 4.69) is 15.3 Å². The lowest BCUT2D eigenvalue weighted by Gasteiger charge is -2.37. The number of nitrogens with two attached hydrogens (primary N) is 1. The number of aliphatic hydroxyl groups is 1. The molecule has 1 saturated heterocycles. The minimum atomic E-state index is -0.448. The van der Waals surface area contributed by atoms with Gasteiger partial charge < -0.3 is 20.9 Å². The van der Waals surface area contributed by atoms with Gasteiger partial charge in [0.1, 0.15) is 0 Å². The molecule has 2 heterocycles. The van der Waals surface area contributed by atoms with Crippen LogP contribution in [0.15, 0.2) is 0 Å². The van der Waals surface area contributed by atoms with E-state index in [-0.39, 0.29) is 11.9 Å². The maximum absolute atomic E-state index is 9.60. The third kappa shape index (κ3) is 2.66. The van der Waals surface area contributed by atoms with Crippen LogP contribution in [0.3, 0.4) is 0 Å². The van der Waals surface area contributed by atoms with Crippen molar-refractivity contribution in [3.8, 4) is 0 Å². The van der Waals surface area contributed by atoms with Crippen LogP contribution in [0.5, 0.6) is 0 Å². The van der Waals surface area contributed by atoms with Gasteiger partial charge in [0.25, 0.3) is 0 Å². The second-order valence-electron chi connectivity index (χ2n) is 4.52. The zero-order chi connectivity index (χ0) is 13.2. The second kappa shape index (κ2) is 5.26. The molecule has 1 aliphatic heterocycles. The van der Waals surface area contributed by atoms with Crippen molar-refractivity contribution >= 4 is 23.1 Å². The Morgan fingerprint density at radius 2 is 2.11 bits per heavy atom. The fourth-order valence-corrected chi connectivity index (χ4v) is 2.19. The third-order valence-electron chi connectivity index (χ3n) is 3.25. The molecule has 7 heteroatoms. The number of anilines is 2. The minimum absolute atomic E-state index is 0.00350. The van der Waals surface area contributed by atoms with Crippen molar-refractivity contribution in [1.29, 1.82) is 0 Å². The number of nitrogen functional groups attached to an aromatic ring is 1. The van der Waals surface area contributed by atoms with Crippen molar-refractivity contribution in [2.45, 2.75) is 25.3 Å². The van der Waals surface area contributed by atoms with Crippen molar-refractivity contribution in [3.63, 3.8) is 0 Å². The topological polar surface area (TPSA) is 93.3 Å². The Bertz CT molecular complexity index is 435. The smallest absolute Gasteiger partial charge is 0.224 e. The largest absolute Gasteiger partial charge is 0.394 e. The Morgan fingerprint density at radius 1 is 1.44 bits per heavy atom. The molecule has 0 spiro atoms. The molecular formula is C11H17ClN4O2. The summed E-state index contributed by atoms with van der Waals surface area (Å²) < 4.78 is 5.30. The van der Waals surface area contributed by atoms with Crippen molar-refractivity contribution in [2.75, 3.05) is 30.9 Å². The second-order valence-corrected chi connectivity index (χ2v) is 4.85. The van der Waals surface area contributed by atoms with Gasteiger partial charge in [-0.15, -0.1) is 0 Å². The van der Waals surface area contributed by atoms with Gasteiger partial charge in [-0.2, -0.15) is 4.98 Å². The summed E-state index contributed by atoms with van der Waals surface area (Å²) in [5.74, 6) is 0.475. The SMILES string of the molecule is Cc1nc(Cl)nc(NC2(CO)CCOCC2)c1N. The maximum Gasteiger partial charge on any atom is 0.224 e. The average Bonchev–Trinajstić information content (AvgIpc) is 2.36. The lowest BCUT2D eigenvalue weighted by atomic mass is 9.91. The number of hydrogen-bond acceptors (Lipinski definition) is 6. The van der Waals surface area contributed by atoms with E-state index in [1.165, 1.54) is 0 Å². The van der Waals surface area contributed by atoms with E-state index in [0.717, 1.165) is 0 Å². The Hall–Kier alpha value is -1.11. The van der Waals surface area contributed by atoms with Gasteiger partial charge in [0.05, 0.1) is 23.5 Å². The fraction of sp³-hybridized carbons (Fsp3) is 0.636. The number of aliphatic hydroxyl groups excluding tert-OH is 1. The van der Waals surface area contributed by atoms with E-state index in [0.29, 0.717) is 43.3 Å². The van der Waals surface area contributed by atoms with Crippen LogP contribution >= 0.6 is 11.6 Å². The van der Waals surface area contributed by atoms with Crippen molar-refractivity contribution in [3.05, 3.63) is 11.0 Å². The summed E-state index contributed by atoms with van der Waals surface area (Å²) in [6.07, 6.45) is 1.40. The molecule has 1 aromatic rings. The van der Waals surface area contributed by atoms with Gasteiger partial charge in [-0.25, -0.2) is 4.98 Å². The number of nitrogens with zero attached hydrogens (tertiary/aromatic N) is 2. The van der Waals surface area contributed by atoms with Crippen LogP contribution < -0.4 is 11.1 Å². The predicted octanol–water partition coefficient (Wildman–Crippen LogP) is 0.974. The molecule has 6 nitrogen and oxygen atoms in total. The third-order valence-corrected chi connectivity index (χ3v) is 3.41. The summed E-state index contributed by atoms with van der Waals surface area (Å²) in [4.78, 5) is 8.06. The van der Waals surface area contributed by atoms with Gasteiger partial charge in [-0.05, 0) is 31.4 Å². The Labute approximate surface area is 111 Å². The minimum Gasteiger partial charge on any atom is -0.394 e. The molecule has 0 radical (unpaired) electrons. The summed E-state index contributed by atoms with van der Waals surface area (Å²) in [5.41, 5.74) is 6.56. The highest BCUT2D eigenvalue weighted by atomic mass is 35.5. The zero-order valence-corrected chi connectivity index (χ0v) is 11.0. The Balaban J connectivity index is 2.26. The maximum atomic E-state index is 9.60. The Morgan fingerprint density at radius 3 is 2.72 bits per heavy atom. The molecule has 0 saturated carbocycles. The number of nitrogens with one attached hydrogen (secondary N) is 1. The lowest BCUT2D eigenvalue weighted by molar-refractivity contribution is 0.0379. The van der Waals surface area contributed by atoms with E-state index in [4.69, 9.17) is 22.1 Å². The highest BCUT2D eigenvalue weighted by Gasteiger charge is 2.33. The van der Waals surface area contributed by atoms with Crippen LogP contribution in [0.4, 0.5) is 11.5 Å². The lowest BCUT2D eigenvalue weighted by Crippen LogP contribution is -2.47. The van der Waals surface area contributed by atoms with Crippen molar-refractivity contribution in [2.24, 2.45) is 0 Å². The van der Waals surface area contributed by atoms with E-state index in [9.17, 15) is 5.11 Å². The highest BCUT2D eigenvalue weighted by Crippen LogP contribution is 2.29. The van der Waals surface area contributed by atoms with Crippen LogP contribution in [0.1, 0.15) is 18.5 Å². The fourth-order valence-electron chi connectivity index (χ4n) is 1.98. The number of ether oxygens (including phenoxy) is 1. The van der Waals surface area contributed by atoms with Gasteiger partial charge in [0.2, 0.25) is 5.28 Å². The molecule has 2 rings (SSSR count). The normalized spacial score (nSPS) is 18.6. The quantitative estimate of drug-likeness (QED) is 0.710. The van der Waals surface area contributed by atoms with Gasteiger partial charge in [0, 0.05) is 13.2 Å². The predicted molar refractivity (Wildman–Crippen MR) is 69.7 cm³/mol. The number of aryl methyl sites for hydroxylation is 1. The number of rotatable bonds is 3. The van der Waals surface area contributed by atoms with Gasteiger partial charge in [-0.1, -0.05) is 0 Å². The van der Waals surface area contributed by atoms with Crippen molar-refractivity contribution in [1.82, 2.24) is 9.97 Å². The van der Waals surface area contributed by atoms with Crippen LogP contribution in [0.2, 0.25) is 5.28 Å². The summed E-state index contributed by atoms with van der Waals surface area (Å²) >= 11 is 5.82. The summed E-state index contributed by atoms with van der Waals surface area (Å²) in [5, 5.41) is 12.9. The first-order valence-electron chi connectivity index (χ1n) is 5.83. The number of aromatic nitrogens is 2. The molecule has 1 fully saturated rings. The molecule has 1 aliphatic rings. The van der Waals surface area contributed by atoms with E-state index < -0.39 is 5.54 Å². The molecule has 0 aliphatic carbocycles. The molecule has 1 aromatic heterocycles. The molecule has 0 unspecified atom stereocenters. The average molecular weight is 273 g/mol. The number of hydrogen-bond donors (Lipinski definition) is 3. The van der Waals surface area contributed by atoms with Crippen LogP contribution in [-0.2, 0) is 4.74 Å². The molecule has 0 atom stereocenters. The molecule has 4 N–H and O–H groups in total. The van der Waals surface area contributed by atoms with Crippen LogP contribution in [-0.4, -0.2) is 40.4 Å². The number of halogens is 1. The first-order chi connectivity index (χ1) is 8.56. The first kappa shape index (κ1) is 13.3. The standard InChI is InChI=1S/C11H17ClN4O2/c1-7-8(13)9(15-10(12)14-7)16-11(6-17)2-4-18-5-3-11/h17H,2-6,13H2,1H3,(H,14,15,16). The molecule has 0 aromatic carbocycles. The van der Waals surface area contributed by atoms with Gasteiger partial charge >= 0.3 is 0 Å². The van der Waals surface area contributed by atoms with E-state index in [1.54, 1.807) is 6.92 Å². The van der Waals surface area contributed by atoms with E-state index in [1.807, 2.05) is 0 Å². The summed E-state index contributed by atoms with van der Waals surface area (Å²) in [6.45, 7) is 2.97. The monoisotopic (exact) mass is 272 g/mol. The van der Waals surface area contributed by atoms with Gasteiger partial charge in [-0.3, -0.25) is 0 Å². The van der Waals surface area contributed by atoms with Crippen molar-refractivity contribution < 1.29 is 9.84 Å². The van der Waals surface area contributed by atoms with Crippen LogP contribution in [0.25, 0.3) is 0 Å². The molecule has 0 bridgehead atoms. The summed E-state index contributed by atoms with van der Waals surface area (Å²) in [7, 11) is 0. The molecule has 0 amide bonds. The van der Waals surface area contributed by atoms with E-state index >= 15 is 0 Å². The highest BCUT2D eigenvalue weighted by molar-refractivity contribution is 6.28. The first-order valence-corrected chi connectivity index (χ1v) is 6.20.